The number of halogens is 3. The normalized spacial score (nSPS) is 10.3. The van der Waals surface area contributed by atoms with Gasteiger partial charge in [-0.3, -0.25) is 0 Å². The van der Waals surface area contributed by atoms with Crippen LogP contribution in [0, 0.1) is 5.82 Å². The molecule has 0 aliphatic carbocycles. The van der Waals surface area contributed by atoms with E-state index in [2.05, 4.69) is 42.2 Å². The third-order valence-electron chi connectivity index (χ3n) is 2.18. The maximum atomic E-state index is 13.5. The van der Waals surface area contributed by atoms with Crippen molar-refractivity contribution in [2.24, 2.45) is 0 Å². The molecule has 0 radical (unpaired) electrons. The second-order valence-corrected chi connectivity index (χ2v) is 5.16. The third kappa shape index (κ3) is 3.51. The van der Waals surface area contributed by atoms with Crippen LogP contribution in [0.25, 0.3) is 0 Å². The molecule has 0 saturated heterocycles. The molecule has 0 saturated carbocycles. The summed E-state index contributed by atoms with van der Waals surface area (Å²) in [7, 11) is 0. The molecule has 1 N–H and O–H groups in total. The van der Waals surface area contributed by atoms with E-state index in [-0.39, 0.29) is 5.82 Å². The largest absolute Gasteiger partial charge is 0.366 e. The van der Waals surface area contributed by atoms with Crippen molar-refractivity contribution in [1.29, 1.82) is 0 Å². The quantitative estimate of drug-likeness (QED) is 0.823. The fraction of sp³-hybridized carbons (Fsp3) is 0.0833. The van der Waals surface area contributed by atoms with E-state index in [0.717, 1.165) is 9.08 Å². The molecular formula is C12H9Br2FN2. The average Bonchev–Trinajstić information content (AvgIpc) is 2.30. The van der Waals surface area contributed by atoms with Gasteiger partial charge in [0.25, 0.3) is 0 Å². The number of nitrogens with zero attached hydrogens (tertiary/aromatic N) is 1. The van der Waals surface area contributed by atoms with Crippen LogP contribution in [0.5, 0.6) is 0 Å². The van der Waals surface area contributed by atoms with Gasteiger partial charge in [0.05, 0.1) is 0 Å². The van der Waals surface area contributed by atoms with Gasteiger partial charge in [0, 0.05) is 16.6 Å². The van der Waals surface area contributed by atoms with Gasteiger partial charge in [-0.1, -0.05) is 22.0 Å². The SMILES string of the molecule is Fc1ccc(Br)cc1CNc1cccc(Br)n1. The molecular weight excluding hydrogens is 351 g/mol. The summed E-state index contributed by atoms with van der Waals surface area (Å²) >= 11 is 6.60. The molecule has 2 aromatic rings. The van der Waals surface area contributed by atoms with Gasteiger partial charge in [0.15, 0.2) is 0 Å². The van der Waals surface area contributed by atoms with Gasteiger partial charge in [-0.15, -0.1) is 0 Å². The Labute approximate surface area is 116 Å². The van der Waals surface area contributed by atoms with Crippen LogP contribution < -0.4 is 5.32 Å². The van der Waals surface area contributed by atoms with Crippen molar-refractivity contribution in [3.8, 4) is 0 Å². The van der Waals surface area contributed by atoms with E-state index >= 15 is 0 Å². The Kier molecular flexibility index (Phi) is 4.12. The Morgan fingerprint density at radius 3 is 2.76 bits per heavy atom. The number of anilines is 1. The first-order valence-corrected chi connectivity index (χ1v) is 6.54. The molecule has 0 atom stereocenters. The van der Waals surface area contributed by atoms with Crippen LogP contribution >= 0.6 is 31.9 Å². The molecule has 0 spiro atoms. The van der Waals surface area contributed by atoms with Crippen molar-refractivity contribution in [2.45, 2.75) is 6.54 Å². The average molecular weight is 360 g/mol. The fourth-order valence-electron chi connectivity index (χ4n) is 1.37. The summed E-state index contributed by atoms with van der Waals surface area (Å²) in [6.07, 6.45) is 0. The molecule has 1 heterocycles. The summed E-state index contributed by atoms with van der Waals surface area (Å²) in [6.45, 7) is 0.398. The van der Waals surface area contributed by atoms with Gasteiger partial charge in [-0.25, -0.2) is 9.37 Å². The maximum absolute atomic E-state index is 13.5. The zero-order chi connectivity index (χ0) is 12.3. The van der Waals surface area contributed by atoms with E-state index in [4.69, 9.17) is 0 Å². The monoisotopic (exact) mass is 358 g/mol. The smallest absolute Gasteiger partial charge is 0.128 e. The fourth-order valence-corrected chi connectivity index (χ4v) is 2.12. The predicted octanol–water partition coefficient (Wildman–Crippen LogP) is 4.36. The van der Waals surface area contributed by atoms with Gasteiger partial charge in [0.2, 0.25) is 0 Å². The highest BCUT2D eigenvalue weighted by molar-refractivity contribution is 9.10. The summed E-state index contributed by atoms with van der Waals surface area (Å²) in [5.41, 5.74) is 0.598. The number of aromatic nitrogens is 1. The molecule has 0 aliphatic rings. The van der Waals surface area contributed by atoms with E-state index in [1.807, 2.05) is 18.2 Å². The lowest BCUT2D eigenvalue weighted by atomic mass is 10.2. The van der Waals surface area contributed by atoms with E-state index in [0.29, 0.717) is 17.9 Å². The minimum Gasteiger partial charge on any atom is -0.366 e. The lowest BCUT2D eigenvalue weighted by Gasteiger charge is -2.07. The summed E-state index contributed by atoms with van der Waals surface area (Å²) in [6, 6.07) is 10.4. The number of pyridine rings is 1. The number of rotatable bonds is 3. The molecule has 0 amide bonds. The van der Waals surface area contributed by atoms with Crippen molar-refractivity contribution in [2.75, 3.05) is 5.32 Å². The number of benzene rings is 1. The third-order valence-corrected chi connectivity index (χ3v) is 3.12. The van der Waals surface area contributed by atoms with Crippen molar-refractivity contribution < 1.29 is 4.39 Å². The van der Waals surface area contributed by atoms with Crippen molar-refractivity contribution in [3.05, 3.63) is 56.9 Å². The molecule has 88 valence electrons. The maximum Gasteiger partial charge on any atom is 0.128 e. The Morgan fingerprint density at radius 2 is 2.00 bits per heavy atom. The van der Waals surface area contributed by atoms with Crippen molar-refractivity contribution in [1.82, 2.24) is 4.98 Å². The second-order valence-electron chi connectivity index (χ2n) is 3.43. The van der Waals surface area contributed by atoms with Crippen LogP contribution in [0.1, 0.15) is 5.56 Å². The van der Waals surface area contributed by atoms with Gasteiger partial charge < -0.3 is 5.32 Å². The minimum absolute atomic E-state index is 0.226. The van der Waals surface area contributed by atoms with E-state index < -0.39 is 0 Å². The molecule has 1 aromatic carbocycles. The first kappa shape index (κ1) is 12.5. The van der Waals surface area contributed by atoms with Gasteiger partial charge >= 0.3 is 0 Å². The highest BCUT2D eigenvalue weighted by Gasteiger charge is 2.03. The highest BCUT2D eigenvalue weighted by Crippen LogP contribution is 2.17. The van der Waals surface area contributed by atoms with Gasteiger partial charge in [-0.2, -0.15) is 0 Å². The van der Waals surface area contributed by atoms with Crippen molar-refractivity contribution >= 4 is 37.7 Å². The molecule has 0 aliphatic heterocycles. The van der Waals surface area contributed by atoms with E-state index in [1.165, 1.54) is 6.07 Å². The van der Waals surface area contributed by atoms with Crippen molar-refractivity contribution in [3.63, 3.8) is 0 Å². The van der Waals surface area contributed by atoms with Crippen LogP contribution in [-0.2, 0) is 6.54 Å². The molecule has 2 rings (SSSR count). The Morgan fingerprint density at radius 1 is 1.18 bits per heavy atom. The van der Waals surface area contributed by atoms with Crippen LogP contribution in [-0.4, -0.2) is 4.98 Å². The summed E-state index contributed by atoms with van der Waals surface area (Å²) in [5, 5.41) is 3.07. The zero-order valence-corrected chi connectivity index (χ0v) is 11.9. The molecule has 5 heteroatoms. The molecule has 17 heavy (non-hydrogen) atoms. The van der Waals surface area contributed by atoms with E-state index in [9.17, 15) is 4.39 Å². The predicted molar refractivity (Wildman–Crippen MR) is 73.4 cm³/mol. The zero-order valence-electron chi connectivity index (χ0n) is 8.75. The molecule has 0 unspecified atom stereocenters. The first-order valence-electron chi connectivity index (χ1n) is 4.95. The van der Waals surface area contributed by atoms with Crippen LogP contribution in [0.4, 0.5) is 10.2 Å². The standard InChI is InChI=1S/C12H9Br2FN2/c13-9-4-5-10(15)8(6-9)7-16-12-3-1-2-11(14)17-12/h1-6H,7H2,(H,16,17). The lowest BCUT2D eigenvalue weighted by molar-refractivity contribution is 0.612. The first-order chi connectivity index (χ1) is 8.15. The Bertz CT molecular complexity index is 532. The number of hydrogen-bond acceptors (Lipinski definition) is 2. The molecule has 2 nitrogen and oxygen atoms in total. The van der Waals surface area contributed by atoms with Gasteiger partial charge in [-0.05, 0) is 46.3 Å². The Hall–Kier alpha value is -0.940. The number of nitrogens with one attached hydrogen (secondary N) is 1. The molecule has 1 aromatic heterocycles. The van der Waals surface area contributed by atoms with Crippen LogP contribution in [0.2, 0.25) is 0 Å². The topological polar surface area (TPSA) is 24.9 Å². The minimum atomic E-state index is -0.226. The van der Waals surface area contributed by atoms with Crippen LogP contribution in [0.15, 0.2) is 45.5 Å². The lowest BCUT2D eigenvalue weighted by Crippen LogP contribution is -2.03. The molecule has 0 fully saturated rings. The summed E-state index contributed by atoms with van der Waals surface area (Å²) in [4.78, 5) is 4.21. The Balaban J connectivity index is 2.09. The second kappa shape index (κ2) is 5.60. The molecule has 0 bridgehead atoms. The van der Waals surface area contributed by atoms with Crippen LogP contribution in [0.3, 0.4) is 0 Å². The van der Waals surface area contributed by atoms with Gasteiger partial charge in [0.1, 0.15) is 16.2 Å². The van der Waals surface area contributed by atoms with E-state index in [1.54, 1.807) is 12.1 Å². The summed E-state index contributed by atoms with van der Waals surface area (Å²) < 4.78 is 15.1. The highest BCUT2D eigenvalue weighted by atomic mass is 79.9. The number of hydrogen-bond donors (Lipinski definition) is 1. The summed E-state index contributed by atoms with van der Waals surface area (Å²) in [5.74, 6) is 0.481.